The second kappa shape index (κ2) is 7.11. The van der Waals surface area contributed by atoms with Crippen LogP contribution < -0.4 is 11.1 Å². The second-order valence-electron chi connectivity index (χ2n) is 4.71. The van der Waals surface area contributed by atoms with E-state index < -0.39 is 23.7 Å². The summed E-state index contributed by atoms with van der Waals surface area (Å²) in [6.07, 6.45) is 0. The van der Waals surface area contributed by atoms with E-state index in [1.165, 1.54) is 43.5 Å². The van der Waals surface area contributed by atoms with E-state index >= 15 is 0 Å². The minimum Gasteiger partial charge on any atom is -0.467 e. The zero-order valence-corrected chi connectivity index (χ0v) is 12.9. The Balaban J connectivity index is 2.35. The van der Waals surface area contributed by atoms with Crippen LogP contribution in [0.15, 0.2) is 42.5 Å². The second-order valence-corrected chi connectivity index (χ2v) is 5.12. The molecule has 0 aliphatic rings. The van der Waals surface area contributed by atoms with Crippen molar-refractivity contribution in [3.8, 4) is 0 Å². The van der Waals surface area contributed by atoms with Crippen LogP contribution in [0, 0.1) is 5.82 Å². The lowest BCUT2D eigenvalue weighted by Crippen LogP contribution is -2.22. The van der Waals surface area contributed by atoms with Crippen LogP contribution in [0.4, 0.5) is 10.1 Å². The van der Waals surface area contributed by atoms with Gasteiger partial charge in [0.05, 0.1) is 17.7 Å². The van der Waals surface area contributed by atoms with E-state index in [0.717, 1.165) is 0 Å². The van der Waals surface area contributed by atoms with E-state index in [4.69, 9.17) is 22.1 Å². The lowest BCUT2D eigenvalue weighted by Gasteiger charge is -2.18. The Morgan fingerprint density at radius 3 is 2.43 bits per heavy atom. The zero-order chi connectivity index (χ0) is 17.0. The van der Waals surface area contributed by atoms with Crippen LogP contribution in [0.2, 0.25) is 5.02 Å². The molecule has 0 unspecified atom stereocenters. The van der Waals surface area contributed by atoms with E-state index in [1.807, 2.05) is 0 Å². The summed E-state index contributed by atoms with van der Waals surface area (Å²) in [5, 5.41) is 3.13. The number of ether oxygens (including phenoxy) is 1. The molecular weight excluding hydrogens is 323 g/mol. The zero-order valence-electron chi connectivity index (χ0n) is 12.2. The highest BCUT2D eigenvalue weighted by Gasteiger charge is 2.22. The molecule has 0 aliphatic carbocycles. The lowest BCUT2D eigenvalue weighted by atomic mass is 10.1. The number of nitrogens with one attached hydrogen (secondary N) is 1. The smallest absolute Gasteiger partial charge is 0.332 e. The van der Waals surface area contributed by atoms with E-state index in [0.29, 0.717) is 11.3 Å². The molecule has 2 rings (SSSR count). The monoisotopic (exact) mass is 336 g/mol. The predicted octanol–water partition coefficient (Wildman–Crippen LogP) is 2.90. The third kappa shape index (κ3) is 3.98. The molecule has 0 bridgehead atoms. The van der Waals surface area contributed by atoms with Crippen LogP contribution in [0.25, 0.3) is 0 Å². The van der Waals surface area contributed by atoms with Crippen LogP contribution in [0.1, 0.15) is 22.0 Å². The summed E-state index contributed by atoms with van der Waals surface area (Å²) in [5.41, 5.74) is 6.32. The van der Waals surface area contributed by atoms with Crippen LogP contribution in [-0.2, 0) is 9.53 Å². The fraction of sp³-hybridized carbons (Fsp3) is 0.125. The Kier molecular flexibility index (Phi) is 5.18. The number of carbonyl (C=O) groups is 2. The van der Waals surface area contributed by atoms with Crippen LogP contribution in [0.5, 0.6) is 0 Å². The molecule has 0 radical (unpaired) electrons. The maximum atomic E-state index is 13.0. The first-order chi connectivity index (χ1) is 10.9. The average molecular weight is 337 g/mol. The maximum absolute atomic E-state index is 13.0. The minimum absolute atomic E-state index is 0.124. The van der Waals surface area contributed by atoms with Crippen molar-refractivity contribution in [1.82, 2.24) is 0 Å². The molecule has 7 heteroatoms. The Labute approximate surface area is 137 Å². The number of primary amides is 1. The number of amides is 1. The van der Waals surface area contributed by atoms with Gasteiger partial charge in [-0.05, 0) is 35.9 Å². The Morgan fingerprint density at radius 1 is 1.22 bits per heavy atom. The first kappa shape index (κ1) is 16.8. The predicted molar refractivity (Wildman–Crippen MR) is 84.7 cm³/mol. The van der Waals surface area contributed by atoms with Crippen molar-refractivity contribution in [1.29, 1.82) is 0 Å². The summed E-state index contributed by atoms with van der Waals surface area (Å²) >= 11 is 5.89. The highest BCUT2D eigenvalue weighted by Crippen LogP contribution is 2.25. The summed E-state index contributed by atoms with van der Waals surface area (Å²) in [7, 11) is 1.25. The average Bonchev–Trinajstić information content (AvgIpc) is 2.54. The third-order valence-corrected chi connectivity index (χ3v) is 3.51. The molecule has 2 aromatic rings. The van der Waals surface area contributed by atoms with Crippen molar-refractivity contribution < 1.29 is 18.7 Å². The van der Waals surface area contributed by atoms with Crippen LogP contribution >= 0.6 is 11.6 Å². The van der Waals surface area contributed by atoms with Crippen molar-refractivity contribution in [2.24, 2.45) is 5.73 Å². The summed E-state index contributed by atoms with van der Waals surface area (Å²) in [5.74, 6) is -1.66. The van der Waals surface area contributed by atoms with Gasteiger partial charge in [-0.25, -0.2) is 9.18 Å². The normalized spacial score (nSPS) is 11.6. The molecule has 1 amide bonds. The Bertz CT molecular complexity index is 735. The summed E-state index contributed by atoms with van der Waals surface area (Å²) < 4.78 is 17.8. The van der Waals surface area contributed by atoms with E-state index in [1.54, 1.807) is 6.07 Å². The number of benzene rings is 2. The van der Waals surface area contributed by atoms with Gasteiger partial charge >= 0.3 is 5.97 Å². The molecule has 2 aromatic carbocycles. The van der Waals surface area contributed by atoms with Crippen molar-refractivity contribution in [3.05, 3.63) is 64.4 Å². The summed E-state index contributed by atoms with van der Waals surface area (Å²) in [4.78, 5) is 23.3. The molecule has 23 heavy (non-hydrogen) atoms. The molecule has 3 N–H and O–H groups in total. The fourth-order valence-electron chi connectivity index (χ4n) is 2.02. The number of methoxy groups -OCH3 is 1. The molecule has 0 aliphatic heterocycles. The first-order valence-corrected chi connectivity index (χ1v) is 6.99. The van der Waals surface area contributed by atoms with Crippen molar-refractivity contribution in [2.45, 2.75) is 6.04 Å². The number of hydrogen-bond acceptors (Lipinski definition) is 4. The van der Waals surface area contributed by atoms with Gasteiger partial charge in [0.1, 0.15) is 5.82 Å². The number of nitrogens with two attached hydrogens (primary N) is 1. The van der Waals surface area contributed by atoms with Crippen molar-refractivity contribution in [2.75, 3.05) is 12.4 Å². The van der Waals surface area contributed by atoms with Crippen molar-refractivity contribution >= 4 is 29.2 Å². The third-order valence-electron chi connectivity index (χ3n) is 3.18. The number of hydrogen-bond donors (Lipinski definition) is 2. The maximum Gasteiger partial charge on any atom is 0.332 e. The van der Waals surface area contributed by atoms with Crippen LogP contribution in [0.3, 0.4) is 0 Å². The molecule has 120 valence electrons. The van der Waals surface area contributed by atoms with E-state index in [2.05, 4.69) is 5.32 Å². The fourth-order valence-corrected chi connectivity index (χ4v) is 2.23. The van der Waals surface area contributed by atoms with Crippen molar-refractivity contribution in [3.63, 3.8) is 0 Å². The van der Waals surface area contributed by atoms with Gasteiger partial charge < -0.3 is 15.8 Å². The highest BCUT2D eigenvalue weighted by molar-refractivity contribution is 6.33. The molecule has 0 aromatic heterocycles. The minimum atomic E-state index is -0.873. The van der Waals surface area contributed by atoms with Gasteiger partial charge in [-0.3, -0.25) is 4.79 Å². The highest BCUT2D eigenvalue weighted by atomic mass is 35.5. The van der Waals surface area contributed by atoms with Gasteiger partial charge in [0, 0.05) is 5.69 Å². The molecule has 0 fully saturated rings. The molecule has 1 atom stereocenters. The number of halogens is 2. The first-order valence-electron chi connectivity index (χ1n) is 6.61. The topological polar surface area (TPSA) is 81.4 Å². The van der Waals surface area contributed by atoms with Gasteiger partial charge in [-0.15, -0.1) is 0 Å². The van der Waals surface area contributed by atoms with E-state index in [-0.39, 0.29) is 10.6 Å². The summed E-state index contributed by atoms with van der Waals surface area (Å²) in [6, 6.07) is 9.06. The Hall–Kier alpha value is -2.60. The van der Waals surface area contributed by atoms with Gasteiger partial charge in [0.25, 0.3) is 0 Å². The Morgan fingerprint density at radius 2 is 1.87 bits per heavy atom. The van der Waals surface area contributed by atoms with Gasteiger partial charge in [0.15, 0.2) is 6.04 Å². The van der Waals surface area contributed by atoms with Gasteiger partial charge in [0.2, 0.25) is 5.91 Å². The van der Waals surface area contributed by atoms with Crippen LogP contribution in [-0.4, -0.2) is 19.0 Å². The summed E-state index contributed by atoms with van der Waals surface area (Å²) in [6.45, 7) is 0. The number of esters is 1. The van der Waals surface area contributed by atoms with E-state index in [9.17, 15) is 14.0 Å². The molecule has 0 spiro atoms. The largest absolute Gasteiger partial charge is 0.467 e. The quantitative estimate of drug-likeness (QED) is 0.823. The molecular formula is C16H14ClFN2O3. The number of anilines is 1. The SMILES string of the molecule is COC(=O)[C@H](Nc1ccc(Cl)c(C(N)=O)c1)c1ccc(F)cc1. The molecule has 0 saturated carbocycles. The lowest BCUT2D eigenvalue weighted by molar-refractivity contribution is -0.141. The standard InChI is InChI=1S/C16H14ClFN2O3/c1-23-16(22)14(9-2-4-10(18)5-3-9)20-11-6-7-13(17)12(8-11)15(19)21/h2-8,14,20H,1H3,(H2,19,21)/t14-/m1/s1. The van der Waals surface area contributed by atoms with Gasteiger partial charge in [-0.1, -0.05) is 23.7 Å². The molecule has 5 nitrogen and oxygen atoms in total. The van der Waals surface area contributed by atoms with Gasteiger partial charge in [-0.2, -0.15) is 0 Å². The number of carbonyl (C=O) groups excluding carboxylic acids is 2. The molecule has 0 saturated heterocycles. The number of rotatable bonds is 5. The molecule has 0 heterocycles.